The number of rotatable bonds is 20. The lowest BCUT2D eigenvalue weighted by molar-refractivity contribution is -0.153. The molecule has 0 amide bonds. The number of allylic oxidation sites excluding steroid dienone is 2. The first-order chi connectivity index (χ1) is 17.6. The summed E-state index contributed by atoms with van der Waals surface area (Å²) >= 11 is 0. The van der Waals surface area contributed by atoms with Gasteiger partial charge >= 0.3 is 13.8 Å². The van der Waals surface area contributed by atoms with E-state index in [0.717, 1.165) is 19.3 Å². The monoisotopic (exact) mass is 549 g/mol. The van der Waals surface area contributed by atoms with Crippen LogP contribution in [0.5, 0.6) is 0 Å². The Kier molecular flexibility index (Phi) is 17.0. The van der Waals surface area contributed by atoms with Gasteiger partial charge in [-0.1, -0.05) is 50.5 Å². The van der Waals surface area contributed by atoms with Gasteiger partial charge in [0.05, 0.1) is 32.0 Å². The highest BCUT2D eigenvalue weighted by Gasteiger charge is 2.39. The van der Waals surface area contributed by atoms with E-state index >= 15 is 0 Å². The van der Waals surface area contributed by atoms with E-state index in [0.29, 0.717) is 25.7 Å². The number of nitrogens with two attached hydrogens (primary N) is 1. The van der Waals surface area contributed by atoms with Crippen LogP contribution in [-0.2, 0) is 27.9 Å². The molecule has 37 heavy (non-hydrogen) atoms. The minimum atomic E-state index is -4.34. The summed E-state index contributed by atoms with van der Waals surface area (Å²) in [6, 6.07) is 0. The molecular weight excluding hydrogens is 505 g/mol. The lowest BCUT2D eigenvalue weighted by atomic mass is 9.90. The highest BCUT2D eigenvalue weighted by Crippen LogP contribution is 2.43. The van der Waals surface area contributed by atoms with E-state index < -0.39 is 45.3 Å². The van der Waals surface area contributed by atoms with Crippen molar-refractivity contribution in [3.05, 3.63) is 24.3 Å². The molecule has 1 rings (SSSR count). The normalized spacial score (nSPS) is 23.5. The van der Waals surface area contributed by atoms with Gasteiger partial charge in [-0.2, -0.15) is 0 Å². The van der Waals surface area contributed by atoms with Crippen molar-refractivity contribution in [2.75, 3.05) is 26.4 Å². The van der Waals surface area contributed by atoms with Gasteiger partial charge in [-0.3, -0.25) is 18.6 Å². The number of aliphatic hydroxyl groups excluding tert-OH is 3. The molecule has 6 unspecified atom stereocenters. The van der Waals surface area contributed by atoms with E-state index in [-0.39, 0.29) is 43.6 Å². The molecule has 0 saturated heterocycles. The third kappa shape index (κ3) is 14.3. The second-order valence-corrected chi connectivity index (χ2v) is 10.6. The summed E-state index contributed by atoms with van der Waals surface area (Å²) in [6.45, 7) is 0.847. The summed E-state index contributed by atoms with van der Waals surface area (Å²) in [6.07, 6.45) is 10.0. The van der Waals surface area contributed by atoms with Gasteiger partial charge in [-0.25, -0.2) is 4.57 Å². The van der Waals surface area contributed by atoms with Crippen LogP contribution in [0.2, 0.25) is 0 Å². The largest absolute Gasteiger partial charge is 0.472 e. The maximum Gasteiger partial charge on any atom is 0.472 e. The van der Waals surface area contributed by atoms with E-state index in [9.17, 15) is 34.4 Å². The Bertz CT molecular complexity index is 775. The summed E-state index contributed by atoms with van der Waals surface area (Å²) in [7, 11) is -4.34. The van der Waals surface area contributed by atoms with Crippen LogP contribution in [0.3, 0.4) is 0 Å². The van der Waals surface area contributed by atoms with Gasteiger partial charge in [0.2, 0.25) is 0 Å². The van der Waals surface area contributed by atoms with Gasteiger partial charge < -0.3 is 30.7 Å². The van der Waals surface area contributed by atoms with Gasteiger partial charge in [-0.05, 0) is 25.7 Å². The molecular formula is C25H44NO10P. The number of carbonyl (C=O) groups is 2. The molecule has 6 atom stereocenters. The van der Waals surface area contributed by atoms with Crippen molar-refractivity contribution < 1.29 is 48.2 Å². The summed E-state index contributed by atoms with van der Waals surface area (Å²) in [5.74, 6) is -1.28. The fourth-order valence-corrected chi connectivity index (χ4v) is 4.73. The zero-order valence-electron chi connectivity index (χ0n) is 21.7. The fourth-order valence-electron chi connectivity index (χ4n) is 3.96. The molecule has 6 N–H and O–H groups in total. The van der Waals surface area contributed by atoms with Crippen LogP contribution in [0.4, 0.5) is 0 Å². The van der Waals surface area contributed by atoms with E-state index in [1.807, 2.05) is 12.2 Å². The molecule has 11 nitrogen and oxygen atoms in total. The number of phosphoric acid groups is 1. The maximum atomic E-state index is 12.3. The Morgan fingerprint density at radius 1 is 1.24 bits per heavy atom. The molecule has 0 radical (unpaired) electrons. The molecule has 0 heterocycles. The van der Waals surface area contributed by atoms with Crippen LogP contribution in [0.1, 0.15) is 64.7 Å². The van der Waals surface area contributed by atoms with Gasteiger partial charge in [0, 0.05) is 31.2 Å². The first-order valence-electron chi connectivity index (χ1n) is 13.0. The Morgan fingerprint density at radius 2 is 2.00 bits per heavy atom. The quantitative estimate of drug-likeness (QED) is 0.0648. The molecule has 12 heteroatoms. The average molecular weight is 550 g/mol. The van der Waals surface area contributed by atoms with Gasteiger partial charge in [0.1, 0.15) is 11.9 Å². The van der Waals surface area contributed by atoms with Crippen molar-refractivity contribution >= 4 is 19.6 Å². The Hall–Kier alpha value is -1.43. The van der Waals surface area contributed by atoms with Gasteiger partial charge in [-0.15, -0.1) is 0 Å². The molecule has 1 aliphatic carbocycles. The SMILES string of the molecule is CCCCCC(O)C=CC1C(O)CC(=O)C1CC=CCCCC(=O)OC(CO)COP(=O)(O)OCCN. The third-order valence-corrected chi connectivity index (χ3v) is 6.98. The highest BCUT2D eigenvalue weighted by atomic mass is 31.2. The molecule has 0 bridgehead atoms. The van der Waals surface area contributed by atoms with Crippen LogP contribution in [0.15, 0.2) is 24.3 Å². The molecule has 1 fully saturated rings. The molecule has 0 aliphatic heterocycles. The van der Waals surface area contributed by atoms with Crippen molar-refractivity contribution in [2.45, 2.75) is 83.0 Å². The lowest BCUT2D eigenvalue weighted by Crippen LogP contribution is -2.27. The zero-order chi connectivity index (χ0) is 27.7. The van der Waals surface area contributed by atoms with Crippen molar-refractivity contribution in [1.82, 2.24) is 0 Å². The van der Waals surface area contributed by atoms with Crippen molar-refractivity contribution in [1.29, 1.82) is 0 Å². The number of esters is 1. The van der Waals surface area contributed by atoms with Gasteiger partial charge in [0.15, 0.2) is 0 Å². The Labute approximate surface area is 219 Å². The number of ketones is 1. The number of phosphoric ester groups is 1. The minimum absolute atomic E-state index is 0.00558. The summed E-state index contributed by atoms with van der Waals surface area (Å²) in [4.78, 5) is 33.8. The standard InChI is InChI=1S/C25H44NO10P/c1-2-3-6-9-19(28)12-13-22-21(23(29)16-24(22)30)10-7-4-5-8-11-25(31)36-20(17-27)18-35-37(32,33)34-15-14-26/h4,7,12-13,19-22,24,27-28,30H,2-3,5-6,8-11,14-18,26H2,1H3,(H,32,33). The topological polar surface area (TPSA) is 186 Å². The predicted octanol–water partition coefficient (Wildman–Crippen LogP) is 2.16. The smallest absolute Gasteiger partial charge is 0.457 e. The number of Topliss-reactive ketones (excluding diaryl/α,β-unsaturated/α-hetero) is 1. The van der Waals surface area contributed by atoms with Crippen LogP contribution in [-0.4, -0.2) is 76.6 Å². The number of unbranched alkanes of at least 4 members (excludes halogenated alkanes) is 3. The predicted molar refractivity (Wildman–Crippen MR) is 137 cm³/mol. The average Bonchev–Trinajstić information content (AvgIpc) is 3.13. The van der Waals surface area contributed by atoms with E-state index in [1.165, 1.54) is 0 Å². The zero-order valence-corrected chi connectivity index (χ0v) is 22.5. The molecule has 0 aromatic rings. The fraction of sp³-hybridized carbons (Fsp3) is 0.760. The van der Waals surface area contributed by atoms with E-state index in [2.05, 4.69) is 16.0 Å². The van der Waals surface area contributed by atoms with Crippen LogP contribution in [0, 0.1) is 11.8 Å². The van der Waals surface area contributed by atoms with E-state index in [1.54, 1.807) is 12.2 Å². The van der Waals surface area contributed by atoms with Crippen LogP contribution < -0.4 is 5.73 Å². The molecule has 0 spiro atoms. The summed E-state index contributed by atoms with van der Waals surface area (Å²) in [5.41, 5.74) is 5.19. The molecule has 1 aliphatic rings. The lowest BCUT2D eigenvalue weighted by Gasteiger charge is -2.17. The minimum Gasteiger partial charge on any atom is -0.457 e. The second-order valence-electron chi connectivity index (χ2n) is 9.15. The van der Waals surface area contributed by atoms with Crippen molar-refractivity contribution in [2.24, 2.45) is 17.6 Å². The van der Waals surface area contributed by atoms with E-state index in [4.69, 9.17) is 10.5 Å². The Balaban J connectivity index is 2.38. The first kappa shape index (κ1) is 33.6. The highest BCUT2D eigenvalue weighted by molar-refractivity contribution is 7.47. The summed E-state index contributed by atoms with van der Waals surface area (Å²) < 4.78 is 25.9. The molecule has 0 aromatic heterocycles. The van der Waals surface area contributed by atoms with Crippen LogP contribution in [0.25, 0.3) is 0 Å². The van der Waals surface area contributed by atoms with Crippen LogP contribution >= 0.6 is 7.82 Å². The van der Waals surface area contributed by atoms with Crippen molar-refractivity contribution in [3.8, 4) is 0 Å². The summed E-state index contributed by atoms with van der Waals surface area (Å²) in [5, 5.41) is 29.7. The maximum absolute atomic E-state index is 12.3. The number of aliphatic hydroxyl groups is 3. The molecule has 0 aromatic carbocycles. The number of carbonyl (C=O) groups excluding carboxylic acids is 2. The van der Waals surface area contributed by atoms with Gasteiger partial charge in [0.25, 0.3) is 0 Å². The third-order valence-electron chi connectivity index (χ3n) is 6.00. The number of hydrogen-bond acceptors (Lipinski definition) is 10. The number of hydrogen-bond donors (Lipinski definition) is 5. The molecule has 214 valence electrons. The Morgan fingerprint density at radius 3 is 2.68 bits per heavy atom. The first-order valence-corrected chi connectivity index (χ1v) is 14.5. The second kappa shape index (κ2) is 18.8. The van der Waals surface area contributed by atoms with Crippen molar-refractivity contribution in [3.63, 3.8) is 0 Å². The number of ether oxygens (including phenoxy) is 1. The molecule has 1 saturated carbocycles.